The molecule has 0 atom stereocenters. The molecule has 0 heterocycles. The van der Waals surface area contributed by atoms with Gasteiger partial charge in [0.1, 0.15) is 0 Å². The third-order valence-electron chi connectivity index (χ3n) is 3.33. The van der Waals surface area contributed by atoms with Crippen molar-refractivity contribution in [3.8, 4) is 11.5 Å². The number of hydrogen-bond acceptors (Lipinski definition) is 3. The summed E-state index contributed by atoms with van der Waals surface area (Å²) in [7, 11) is 0. The first kappa shape index (κ1) is 15.4. The van der Waals surface area contributed by atoms with E-state index in [1.807, 2.05) is 19.1 Å². The molecule has 2 aromatic carbocycles. The number of ether oxygens (including phenoxy) is 1. The molecule has 0 aromatic heterocycles. The molecule has 0 unspecified atom stereocenters. The van der Waals surface area contributed by atoms with Crippen LogP contribution < -0.4 is 10.1 Å². The van der Waals surface area contributed by atoms with Gasteiger partial charge in [0.15, 0.2) is 11.5 Å². The average Bonchev–Trinajstić information content (AvgIpc) is 2.47. The molecule has 0 amide bonds. The van der Waals surface area contributed by atoms with Crippen molar-refractivity contribution in [3.05, 3.63) is 59.2 Å². The van der Waals surface area contributed by atoms with E-state index >= 15 is 0 Å². The Hall–Kier alpha value is -2.00. The smallest absolute Gasteiger partial charge is 0.161 e. The molecule has 0 radical (unpaired) electrons. The highest BCUT2D eigenvalue weighted by Gasteiger charge is 2.03. The van der Waals surface area contributed by atoms with Gasteiger partial charge in [-0.3, -0.25) is 0 Å². The van der Waals surface area contributed by atoms with E-state index < -0.39 is 0 Å². The Morgan fingerprint density at radius 3 is 2.71 bits per heavy atom. The molecule has 2 rings (SSSR count). The van der Waals surface area contributed by atoms with Crippen LogP contribution in [0.1, 0.15) is 23.6 Å². The summed E-state index contributed by atoms with van der Waals surface area (Å²) in [5.74, 6) is 0.746. The van der Waals surface area contributed by atoms with Gasteiger partial charge in [0.25, 0.3) is 0 Å². The first-order valence-electron chi connectivity index (χ1n) is 7.40. The third-order valence-corrected chi connectivity index (χ3v) is 3.33. The fourth-order valence-electron chi connectivity index (χ4n) is 2.27. The zero-order valence-electron chi connectivity index (χ0n) is 12.7. The summed E-state index contributed by atoms with van der Waals surface area (Å²) in [6.07, 6.45) is 1.01. The second kappa shape index (κ2) is 7.70. The zero-order valence-corrected chi connectivity index (χ0v) is 12.7. The molecule has 0 aliphatic heterocycles. The van der Waals surface area contributed by atoms with Crippen LogP contribution in [0.15, 0.2) is 42.5 Å². The lowest BCUT2D eigenvalue weighted by Gasteiger charge is -2.09. The van der Waals surface area contributed by atoms with Gasteiger partial charge in [-0.25, -0.2) is 0 Å². The number of rotatable bonds is 7. The van der Waals surface area contributed by atoms with E-state index in [2.05, 4.69) is 36.5 Å². The van der Waals surface area contributed by atoms with E-state index in [-0.39, 0.29) is 5.75 Å². The van der Waals surface area contributed by atoms with Crippen LogP contribution in [-0.4, -0.2) is 18.3 Å². The molecule has 3 nitrogen and oxygen atoms in total. The summed E-state index contributed by atoms with van der Waals surface area (Å²) in [6.45, 7) is 6.27. The lowest BCUT2D eigenvalue weighted by atomic mass is 10.1. The molecule has 0 fully saturated rings. The monoisotopic (exact) mass is 285 g/mol. The number of hydrogen-bond donors (Lipinski definition) is 2. The van der Waals surface area contributed by atoms with Crippen LogP contribution in [0.3, 0.4) is 0 Å². The van der Waals surface area contributed by atoms with Crippen LogP contribution in [-0.2, 0) is 13.0 Å². The predicted octanol–water partition coefficient (Wildman–Crippen LogP) is 3.43. The van der Waals surface area contributed by atoms with Crippen molar-refractivity contribution in [3.63, 3.8) is 0 Å². The molecule has 0 saturated carbocycles. The number of aromatic hydroxyl groups is 1. The molecule has 112 valence electrons. The van der Waals surface area contributed by atoms with E-state index in [9.17, 15) is 5.11 Å². The van der Waals surface area contributed by atoms with E-state index in [1.54, 1.807) is 6.07 Å². The second-order valence-electron chi connectivity index (χ2n) is 5.15. The fraction of sp³-hybridized carbons (Fsp3) is 0.333. The maximum absolute atomic E-state index is 9.67. The summed E-state index contributed by atoms with van der Waals surface area (Å²) in [4.78, 5) is 0. The molecule has 0 saturated heterocycles. The van der Waals surface area contributed by atoms with E-state index in [4.69, 9.17) is 4.74 Å². The first-order chi connectivity index (χ1) is 10.2. The van der Waals surface area contributed by atoms with Gasteiger partial charge in [-0.15, -0.1) is 0 Å². The van der Waals surface area contributed by atoms with Gasteiger partial charge in [-0.05, 0) is 50.1 Å². The molecule has 2 aromatic rings. The van der Waals surface area contributed by atoms with Crippen molar-refractivity contribution in [1.29, 1.82) is 0 Å². The van der Waals surface area contributed by atoms with Crippen LogP contribution in [0.4, 0.5) is 0 Å². The number of phenolic OH excluding ortho intramolecular Hbond substituents is 1. The number of nitrogens with one attached hydrogen (secondary N) is 1. The minimum absolute atomic E-state index is 0.195. The Morgan fingerprint density at radius 2 is 1.95 bits per heavy atom. The Bertz CT molecular complexity index is 581. The van der Waals surface area contributed by atoms with Crippen molar-refractivity contribution in [1.82, 2.24) is 5.32 Å². The highest BCUT2D eigenvalue weighted by atomic mass is 16.5. The topological polar surface area (TPSA) is 41.5 Å². The van der Waals surface area contributed by atoms with Gasteiger partial charge in [0.05, 0.1) is 6.61 Å². The highest BCUT2D eigenvalue weighted by Crippen LogP contribution is 2.26. The molecule has 0 aliphatic carbocycles. The van der Waals surface area contributed by atoms with Crippen LogP contribution in [0.5, 0.6) is 11.5 Å². The summed E-state index contributed by atoms with van der Waals surface area (Å²) < 4.78 is 5.39. The minimum atomic E-state index is 0.195. The molecule has 0 spiro atoms. The van der Waals surface area contributed by atoms with Gasteiger partial charge in [0, 0.05) is 6.54 Å². The number of phenols is 1. The Kier molecular flexibility index (Phi) is 5.64. The fourth-order valence-corrected chi connectivity index (χ4v) is 2.27. The molecule has 21 heavy (non-hydrogen) atoms. The van der Waals surface area contributed by atoms with Gasteiger partial charge in [-0.2, -0.15) is 0 Å². The SMILES string of the molecule is CCOc1cc(CNCCc2cccc(C)c2)ccc1O. The summed E-state index contributed by atoms with van der Waals surface area (Å²) in [5.41, 5.74) is 3.76. The third kappa shape index (κ3) is 4.80. The molecular formula is C18H23NO2. The van der Waals surface area contributed by atoms with E-state index in [0.717, 1.165) is 25.1 Å². The molecule has 0 aliphatic rings. The van der Waals surface area contributed by atoms with E-state index in [1.165, 1.54) is 11.1 Å². The first-order valence-corrected chi connectivity index (χ1v) is 7.40. The summed E-state index contributed by atoms with van der Waals surface area (Å²) in [6, 6.07) is 14.1. The Labute approximate surface area is 126 Å². The van der Waals surface area contributed by atoms with Gasteiger partial charge in [0.2, 0.25) is 0 Å². The lowest BCUT2D eigenvalue weighted by Crippen LogP contribution is -2.16. The highest BCUT2D eigenvalue weighted by molar-refractivity contribution is 5.41. The summed E-state index contributed by atoms with van der Waals surface area (Å²) in [5, 5.41) is 13.1. The van der Waals surface area contributed by atoms with Gasteiger partial charge >= 0.3 is 0 Å². The maximum atomic E-state index is 9.67. The van der Waals surface area contributed by atoms with Crippen LogP contribution in [0, 0.1) is 6.92 Å². The quantitative estimate of drug-likeness (QED) is 0.766. The lowest BCUT2D eigenvalue weighted by molar-refractivity contribution is 0.317. The standard InChI is InChI=1S/C18H23NO2/c1-3-21-18-12-16(7-8-17(18)20)13-19-10-9-15-6-4-5-14(2)11-15/h4-8,11-12,19-20H,3,9-10,13H2,1-2H3. The van der Waals surface area contributed by atoms with Gasteiger partial charge in [-0.1, -0.05) is 35.9 Å². The van der Waals surface area contributed by atoms with Crippen molar-refractivity contribution >= 4 is 0 Å². The predicted molar refractivity (Wildman–Crippen MR) is 85.9 cm³/mol. The number of aryl methyl sites for hydroxylation is 1. The van der Waals surface area contributed by atoms with Crippen molar-refractivity contribution < 1.29 is 9.84 Å². The normalized spacial score (nSPS) is 10.6. The average molecular weight is 285 g/mol. The summed E-state index contributed by atoms with van der Waals surface area (Å²) >= 11 is 0. The molecule has 2 N–H and O–H groups in total. The molecular weight excluding hydrogens is 262 g/mol. The minimum Gasteiger partial charge on any atom is -0.504 e. The molecule has 3 heteroatoms. The van der Waals surface area contributed by atoms with Crippen LogP contribution >= 0.6 is 0 Å². The van der Waals surface area contributed by atoms with Crippen LogP contribution in [0.2, 0.25) is 0 Å². The van der Waals surface area contributed by atoms with Crippen molar-refractivity contribution in [2.75, 3.05) is 13.2 Å². The number of benzene rings is 2. The maximum Gasteiger partial charge on any atom is 0.161 e. The molecule has 0 bridgehead atoms. The van der Waals surface area contributed by atoms with Gasteiger partial charge < -0.3 is 15.2 Å². The largest absolute Gasteiger partial charge is 0.504 e. The van der Waals surface area contributed by atoms with Crippen molar-refractivity contribution in [2.24, 2.45) is 0 Å². The Morgan fingerprint density at radius 1 is 1.10 bits per heavy atom. The zero-order chi connectivity index (χ0) is 15.1. The van der Waals surface area contributed by atoms with Crippen molar-refractivity contribution in [2.45, 2.75) is 26.8 Å². The van der Waals surface area contributed by atoms with E-state index in [0.29, 0.717) is 12.4 Å². The Balaban J connectivity index is 1.82. The second-order valence-corrected chi connectivity index (χ2v) is 5.15. The van der Waals surface area contributed by atoms with Crippen LogP contribution in [0.25, 0.3) is 0 Å².